The van der Waals surface area contributed by atoms with E-state index >= 15 is 0 Å². The minimum Gasteiger partial charge on any atom is -0.317 e. The number of nitriles is 1. The Balaban J connectivity index is 1.29. The summed E-state index contributed by atoms with van der Waals surface area (Å²) in [4.78, 5) is 4.43. The monoisotopic (exact) mass is 773 g/mol. The van der Waals surface area contributed by atoms with Gasteiger partial charge in [0.15, 0.2) is 0 Å². The molecule has 280 valence electrons. The van der Waals surface area contributed by atoms with Gasteiger partial charge in [-0.25, -0.2) is 4.85 Å². The van der Waals surface area contributed by atoms with Crippen LogP contribution in [0.5, 0.6) is 0 Å². The number of nitrogens with zero attached hydrogens (tertiary/aromatic N) is 5. The van der Waals surface area contributed by atoms with Crippen molar-refractivity contribution < 1.29 is 0 Å². The molecule has 0 atom stereocenters. The van der Waals surface area contributed by atoms with Crippen LogP contribution >= 0.6 is 0 Å². The second-order valence-corrected chi connectivity index (χ2v) is 15.8. The zero-order chi connectivity index (χ0) is 40.3. The van der Waals surface area contributed by atoms with Crippen LogP contribution in [0.4, 0.5) is 5.69 Å². The molecule has 0 amide bonds. The molecule has 13 rings (SSSR count). The molecule has 0 spiro atoms. The van der Waals surface area contributed by atoms with Gasteiger partial charge in [0.05, 0.1) is 62.3 Å². The minimum absolute atomic E-state index is 0.443. The normalized spacial score (nSPS) is 11.9. The van der Waals surface area contributed by atoms with Crippen LogP contribution in [0.25, 0.3) is 120 Å². The van der Waals surface area contributed by atoms with Crippen molar-refractivity contribution in [3.63, 3.8) is 0 Å². The maximum absolute atomic E-state index is 11.9. The van der Waals surface area contributed by atoms with Gasteiger partial charge in [-0.15, -0.1) is 0 Å². The van der Waals surface area contributed by atoms with Crippen molar-refractivity contribution in [3.05, 3.63) is 205 Å². The average Bonchev–Trinajstić information content (AvgIpc) is 3.97. The number of hydrogen-bond acceptors (Lipinski definition) is 1. The first-order valence-electron chi connectivity index (χ1n) is 20.5. The van der Waals surface area contributed by atoms with Gasteiger partial charge in [0.2, 0.25) is 5.69 Å². The number of para-hydroxylation sites is 3. The largest absolute Gasteiger partial charge is 0.317 e. The van der Waals surface area contributed by atoms with E-state index in [1.165, 1.54) is 0 Å². The highest BCUT2D eigenvalue weighted by Gasteiger charge is 2.29. The maximum atomic E-state index is 11.9. The van der Waals surface area contributed by atoms with Crippen LogP contribution in [0.3, 0.4) is 0 Å². The number of fused-ring (bicyclic) bond motifs is 15. The van der Waals surface area contributed by atoms with E-state index in [9.17, 15) is 5.26 Å². The zero-order valence-electron chi connectivity index (χ0n) is 32.6. The van der Waals surface area contributed by atoms with Crippen molar-refractivity contribution in [3.8, 4) is 23.1 Å². The van der Waals surface area contributed by atoms with Crippen molar-refractivity contribution in [2.45, 2.75) is 0 Å². The van der Waals surface area contributed by atoms with Crippen molar-refractivity contribution in [2.24, 2.45) is 0 Å². The zero-order valence-corrected chi connectivity index (χ0v) is 32.6. The van der Waals surface area contributed by atoms with Gasteiger partial charge in [-0.2, -0.15) is 5.26 Å². The molecule has 0 saturated carbocycles. The summed E-state index contributed by atoms with van der Waals surface area (Å²) in [5.41, 5.74) is 8.70. The van der Waals surface area contributed by atoms with Gasteiger partial charge < -0.3 is 13.7 Å². The molecule has 5 heteroatoms. The van der Waals surface area contributed by atoms with E-state index in [-0.39, 0.29) is 0 Å². The van der Waals surface area contributed by atoms with E-state index in [1.807, 2.05) is 6.07 Å². The van der Waals surface area contributed by atoms with Crippen LogP contribution < -0.4 is 0 Å². The van der Waals surface area contributed by atoms with Gasteiger partial charge in [-0.1, -0.05) is 146 Å². The molecule has 0 unspecified atom stereocenters. The van der Waals surface area contributed by atoms with Gasteiger partial charge >= 0.3 is 0 Å². The predicted octanol–water partition coefficient (Wildman–Crippen LogP) is 14.9. The summed E-state index contributed by atoms with van der Waals surface area (Å²) in [5, 5.41) is 25.3. The third kappa shape index (κ3) is 4.41. The lowest BCUT2D eigenvalue weighted by atomic mass is 10.0. The number of hydrogen-bond donors (Lipinski definition) is 0. The van der Waals surface area contributed by atoms with Crippen molar-refractivity contribution in [1.29, 1.82) is 5.26 Å². The number of rotatable bonds is 3. The molecule has 3 aromatic heterocycles. The Kier molecular flexibility index (Phi) is 6.80. The molecular weight excluding hydrogens is 743 g/mol. The topological polar surface area (TPSA) is 42.9 Å². The lowest BCUT2D eigenvalue weighted by Crippen LogP contribution is -2.10. The van der Waals surface area contributed by atoms with Gasteiger partial charge in [0, 0.05) is 32.3 Å². The van der Waals surface area contributed by atoms with E-state index in [0.29, 0.717) is 28.3 Å². The molecule has 0 fully saturated rings. The first-order chi connectivity index (χ1) is 30.2. The summed E-state index contributed by atoms with van der Waals surface area (Å²) in [7, 11) is 0. The molecular formula is C56H31N5. The predicted molar refractivity (Wildman–Crippen MR) is 253 cm³/mol. The molecule has 0 aliphatic heterocycles. The molecule has 0 bridgehead atoms. The molecule has 0 aliphatic carbocycles. The highest BCUT2D eigenvalue weighted by Crippen LogP contribution is 2.48. The molecule has 0 N–H and O–H groups in total. The second kappa shape index (κ2) is 12.4. The van der Waals surface area contributed by atoms with Crippen LogP contribution in [-0.2, 0) is 0 Å². The lowest BCUT2D eigenvalue weighted by Gasteiger charge is -2.23. The van der Waals surface area contributed by atoms with Gasteiger partial charge in [0.25, 0.3) is 0 Å². The number of aromatic nitrogens is 3. The summed E-state index contributed by atoms with van der Waals surface area (Å²) in [6.07, 6.45) is 0. The van der Waals surface area contributed by atoms with Crippen LogP contribution in [0, 0.1) is 17.9 Å². The summed E-state index contributed by atoms with van der Waals surface area (Å²) in [5.74, 6) is 0. The number of benzene rings is 10. The molecule has 5 nitrogen and oxygen atoms in total. The third-order valence-corrected chi connectivity index (χ3v) is 12.8. The highest BCUT2D eigenvalue weighted by atomic mass is 15.1. The maximum Gasteiger partial charge on any atom is 0.214 e. The van der Waals surface area contributed by atoms with Crippen molar-refractivity contribution in [1.82, 2.24) is 13.7 Å². The fraction of sp³-hybridized carbons (Fsp3) is 0. The van der Waals surface area contributed by atoms with Gasteiger partial charge in [-0.05, 0) is 74.8 Å². The Bertz CT molecular complexity index is 4140. The van der Waals surface area contributed by atoms with E-state index in [2.05, 4.69) is 207 Å². The summed E-state index contributed by atoms with van der Waals surface area (Å²) >= 11 is 0. The molecule has 0 saturated heterocycles. The second-order valence-electron chi connectivity index (χ2n) is 15.8. The van der Waals surface area contributed by atoms with Crippen LogP contribution in [0.15, 0.2) is 188 Å². The summed E-state index contributed by atoms with van der Waals surface area (Å²) in [6.45, 7) is 9.08. The van der Waals surface area contributed by atoms with Crippen molar-refractivity contribution >= 4 is 103 Å². The standard InChI is InChI=1S/C56H31N5/c1-58-44-32-51(59-45-23-11-8-20-40(45)52-37-17-5-2-14-34(37)26-29-48(52)59)43(33-57)55(60-46-24-12-9-21-41(46)53-38-18-6-3-15-35(38)27-30-49(53)60)56(44)61-47-25-13-10-22-42(47)54-39-19-7-4-16-36(39)28-31-50(54)61/h2-32H. The molecule has 0 radical (unpaired) electrons. The Morgan fingerprint density at radius 3 is 1.16 bits per heavy atom. The lowest BCUT2D eigenvalue weighted by molar-refractivity contribution is 1.07. The third-order valence-electron chi connectivity index (χ3n) is 12.8. The van der Waals surface area contributed by atoms with E-state index in [4.69, 9.17) is 6.57 Å². The average molecular weight is 774 g/mol. The molecule has 61 heavy (non-hydrogen) atoms. The van der Waals surface area contributed by atoms with E-state index in [1.54, 1.807) is 0 Å². The van der Waals surface area contributed by atoms with Gasteiger partial charge in [-0.3, -0.25) is 0 Å². The molecule has 10 aromatic carbocycles. The first-order valence-corrected chi connectivity index (χ1v) is 20.5. The Hall–Kier alpha value is -8.64. The quantitative estimate of drug-likeness (QED) is 0.165. The van der Waals surface area contributed by atoms with Gasteiger partial charge in [0.1, 0.15) is 6.07 Å². The molecule has 0 aliphatic rings. The fourth-order valence-electron chi connectivity index (χ4n) is 10.4. The Morgan fingerprint density at radius 2 is 0.738 bits per heavy atom. The van der Waals surface area contributed by atoms with E-state index in [0.717, 1.165) is 97.7 Å². The van der Waals surface area contributed by atoms with E-state index < -0.39 is 0 Å². The summed E-state index contributed by atoms with van der Waals surface area (Å²) in [6, 6.07) is 68.6. The summed E-state index contributed by atoms with van der Waals surface area (Å²) < 4.78 is 6.71. The van der Waals surface area contributed by atoms with Crippen LogP contribution in [0.1, 0.15) is 5.56 Å². The smallest absolute Gasteiger partial charge is 0.214 e. The Labute approximate surface area is 349 Å². The molecule has 13 aromatic rings. The van der Waals surface area contributed by atoms with Crippen molar-refractivity contribution in [2.75, 3.05) is 0 Å². The Morgan fingerprint density at radius 1 is 0.377 bits per heavy atom. The first kappa shape index (κ1) is 33.3. The minimum atomic E-state index is 0.443. The SMILES string of the molecule is [C-]#[N+]c1cc(-n2c3ccccc3c3c4ccccc4ccc32)c(C#N)c(-n2c3ccccc3c3c4ccccc4ccc32)c1-n1c2ccccc2c2c3ccccc3ccc21. The highest BCUT2D eigenvalue weighted by molar-refractivity contribution is 6.25. The molecule has 3 heterocycles. The fourth-order valence-corrected chi connectivity index (χ4v) is 10.4. The van der Waals surface area contributed by atoms with Crippen LogP contribution in [0.2, 0.25) is 0 Å². The van der Waals surface area contributed by atoms with Crippen LogP contribution in [-0.4, -0.2) is 13.7 Å².